The number of hydrogen-bond donors (Lipinski definition) is 1. The standard InChI is InChI=1S/C46H82NO8P/c1-6-8-10-12-14-16-18-20-21-22-23-24-25-27-29-31-33-35-37-39-46(49)55-44(43-54-56(50,51)53-41-40-47(3,4)5)42-52-45(48)38-36-34-32-30-28-26-19-17-15-13-11-9-7-2/h14,16-17,19-21,23-24,27,29,44H,6-13,15,18,22,25-26,28,30-43H2,1-5H3/p+1/b16-14-,19-17-,21-20-,24-23-,29-27-/t44-/m1/s1. The summed E-state index contributed by atoms with van der Waals surface area (Å²) in [6, 6.07) is 0. The third-order valence-electron chi connectivity index (χ3n) is 9.02. The van der Waals surface area contributed by atoms with Crippen molar-refractivity contribution in [2.24, 2.45) is 0 Å². The quantitative estimate of drug-likeness (QED) is 0.0215. The van der Waals surface area contributed by atoms with Crippen molar-refractivity contribution in [1.29, 1.82) is 0 Å². The van der Waals surface area contributed by atoms with E-state index in [1.54, 1.807) is 0 Å². The smallest absolute Gasteiger partial charge is 0.462 e. The third kappa shape index (κ3) is 41.3. The van der Waals surface area contributed by atoms with Crippen molar-refractivity contribution in [3.63, 3.8) is 0 Å². The van der Waals surface area contributed by atoms with E-state index in [0.29, 0.717) is 17.4 Å². The van der Waals surface area contributed by atoms with Gasteiger partial charge in [0.1, 0.15) is 19.8 Å². The fraction of sp³-hybridized carbons (Fsp3) is 0.739. The molecule has 324 valence electrons. The van der Waals surface area contributed by atoms with Crippen molar-refractivity contribution >= 4 is 19.8 Å². The molecule has 0 rings (SSSR count). The molecule has 1 N–H and O–H groups in total. The van der Waals surface area contributed by atoms with Crippen LogP contribution in [0.5, 0.6) is 0 Å². The van der Waals surface area contributed by atoms with Crippen molar-refractivity contribution in [2.75, 3.05) is 47.5 Å². The number of hydrogen-bond acceptors (Lipinski definition) is 7. The molecular weight excluding hydrogens is 725 g/mol. The van der Waals surface area contributed by atoms with Gasteiger partial charge >= 0.3 is 19.8 Å². The Morgan fingerprint density at radius 3 is 1.50 bits per heavy atom. The molecule has 0 radical (unpaired) electrons. The number of unbranched alkanes of at least 4 members (excludes halogenated alkanes) is 15. The molecule has 0 aliphatic heterocycles. The van der Waals surface area contributed by atoms with Gasteiger partial charge in [0, 0.05) is 12.8 Å². The lowest BCUT2D eigenvalue weighted by Gasteiger charge is -2.24. The van der Waals surface area contributed by atoms with Gasteiger partial charge in [0.2, 0.25) is 0 Å². The molecule has 0 aromatic heterocycles. The van der Waals surface area contributed by atoms with Gasteiger partial charge in [-0.3, -0.25) is 18.6 Å². The lowest BCUT2D eigenvalue weighted by molar-refractivity contribution is -0.870. The van der Waals surface area contributed by atoms with E-state index >= 15 is 0 Å². The first kappa shape index (κ1) is 53.7. The van der Waals surface area contributed by atoms with Gasteiger partial charge < -0.3 is 18.9 Å². The predicted octanol–water partition coefficient (Wildman–Crippen LogP) is 12.5. The molecule has 0 amide bonds. The molecule has 0 aliphatic rings. The normalized spacial score (nSPS) is 14.2. The molecule has 0 saturated heterocycles. The minimum absolute atomic E-state index is 0.0214. The number of carbonyl (C=O) groups excluding carboxylic acids is 2. The van der Waals surface area contributed by atoms with Crippen LogP contribution in [0.25, 0.3) is 0 Å². The molecule has 56 heavy (non-hydrogen) atoms. The van der Waals surface area contributed by atoms with Crippen LogP contribution in [-0.2, 0) is 32.7 Å². The topological polar surface area (TPSA) is 108 Å². The van der Waals surface area contributed by atoms with E-state index in [1.807, 2.05) is 21.1 Å². The predicted molar refractivity (Wildman–Crippen MR) is 233 cm³/mol. The van der Waals surface area contributed by atoms with Crippen LogP contribution in [0.1, 0.15) is 168 Å². The van der Waals surface area contributed by atoms with Crippen LogP contribution in [-0.4, -0.2) is 74.9 Å². The molecule has 1 unspecified atom stereocenters. The fourth-order valence-electron chi connectivity index (χ4n) is 5.52. The number of nitrogens with zero attached hydrogens (tertiary/aromatic N) is 1. The zero-order chi connectivity index (χ0) is 41.4. The molecule has 0 heterocycles. The van der Waals surface area contributed by atoms with E-state index in [4.69, 9.17) is 18.5 Å². The average molecular weight is 809 g/mol. The zero-order valence-electron chi connectivity index (χ0n) is 36.3. The molecule has 0 fully saturated rings. The van der Waals surface area contributed by atoms with Crippen LogP contribution in [0, 0.1) is 0 Å². The molecular formula is C46H83NO8P+. The van der Waals surface area contributed by atoms with E-state index < -0.39 is 26.5 Å². The highest BCUT2D eigenvalue weighted by atomic mass is 31.2. The number of allylic oxidation sites excluding steroid dienone is 10. The molecule has 0 spiro atoms. The summed E-state index contributed by atoms with van der Waals surface area (Å²) in [6.07, 6.45) is 45.5. The highest BCUT2D eigenvalue weighted by Gasteiger charge is 2.27. The van der Waals surface area contributed by atoms with Crippen molar-refractivity contribution < 1.29 is 42.1 Å². The van der Waals surface area contributed by atoms with Crippen LogP contribution in [0.15, 0.2) is 60.8 Å². The summed E-state index contributed by atoms with van der Waals surface area (Å²) in [5.74, 6) is -0.849. The molecule has 0 aliphatic carbocycles. The Labute approximate surface area is 343 Å². The van der Waals surface area contributed by atoms with Crippen molar-refractivity contribution in [2.45, 2.75) is 174 Å². The number of likely N-dealkylation sites (N-methyl/N-ethyl adjacent to an activating group) is 1. The van der Waals surface area contributed by atoms with E-state index in [2.05, 4.69) is 74.6 Å². The van der Waals surface area contributed by atoms with Crippen molar-refractivity contribution in [1.82, 2.24) is 0 Å². The Morgan fingerprint density at radius 1 is 0.554 bits per heavy atom. The van der Waals surface area contributed by atoms with Gasteiger partial charge in [-0.2, -0.15) is 0 Å². The molecule has 0 aromatic carbocycles. The monoisotopic (exact) mass is 809 g/mol. The fourth-order valence-corrected chi connectivity index (χ4v) is 6.26. The molecule has 10 heteroatoms. The van der Waals surface area contributed by atoms with E-state index in [1.165, 1.54) is 57.8 Å². The second-order valence-corrected chi connectivity index (χ2v) is 17.2. The number of quaternary nitrogens is 1. The van der Waals surface area contributed by atoms with Gasteiger partial charge in [0.25, 0.3) is 0 Å². The first-order valence-electron chi connectivity index (χ1n) is 22.0. The van der Waals surface area contributed by atoms with E-state index in [0.717, 1.165) is 77.0 Å². The van der Waals surface area contributed by atoms with Gasteiger partial charge in [-0.05, 0) is 83.5 Å². The number of phosphoric acid groups is 1. The van der Waals surface area contributed by atoms with Gasteiger partial charge in [0.15, 0.2) is 6.10 Å². The number of esters is 2. The lowest BCUT2D eigenvalue weighted by Crippen LogP contribution is -2.37. The van der Waals surface area contributed by atoms with Crippen LogP contribution in [0.3, 0.4) is 0 Å². The maximum Gasteiger partial charge on any atom is 0.472 e. The van der Waals surface area contributed by atoms with Crippen LogP contribution >= 0.6 is 7.82 Å². The summed E-state index contributed by atoms with van der Waals surface area (Å²) >= 11 is 0. The minimum atomic E-state index is -4.39. The third-order valence-corrected chi connectivity index (χ3v) is 10.0. The molecule has 0 aromatic rings. The Morgan fingerprint density at radius 2 is 0.964 bits per heavy atom. The van der Waals surface area contributed by atoms with Gasteiger partial charge in [0.05, 0.1) is 27.7 Å². The Bertz CT molecular complexity index is 1140. The number of ether oxygens (including phenoxy) is 2. The number of carbonyl (C=O) groups is 2. The summed E-state index contributed by atoms with van der Waals surface area (Å²) in [5, 5.41) is 0. The van der Waals surface area contributed by atoms with Gasteiger partial charge in [-0.1, -0.05) is 132 Å². The molecule has 0 bridgehead atoms. The zero-order valence-corrected chi connectivity index (χ0v) is 37.2. The second-order valence-electron chi connectivity index (χ2n) is 15.7. The Kier molecular flexibility index (Phi) is 36.7. The maximum absolute atomic E-state index is 12.7. The highest BCUT2D eigenvalue weighted by Crippen LogP contribution is 2.43. The average Bonchev–Trinajstić information content (AvgIpc) is 3.15. The molecule has 2 atom stereocenters. The molecule has 9 nitrogen and oxygen atoms in total. The summed E-state index contributed by atoms with van der Waals surface area (Å²) in [7, 11) is 1.44. The number of phosphoric ester groups is 1. The number of rotatable bonds is 39. The first-order chi connectivity index (χ1) is 27.0. The Balaban J connectivity index is 4.45. The Hall–Kier alpha value is -2.29. The molecule has 0 saturated carbocycles. The largest absolute Gasteiger partial charge is 0.472 e. The summed E-state index contributed by atoms with van der Waals surface area (Å²) in [6.45, 7) is 4.31. The van der Waals surface area contributed by atoms with Crippen LogP contribution in [0.2, 0.25) is 0 Å². The van der Waals surface area contributed by atoms with Crippen LogP contribution in [0.4, 0.5) is 0 Å². The minimum Gasteiger partial charge on any atom is -0.462 e. The second kappa shape index (κ2) is 38.2. The summed E-state index contributed by atoms with van der Waals surface area (Å²) in [5.41, 5.74) is 0. The maximum atomic E-state index is 12.7. The van der Waals surface area contributed by atoms with E-state index in [-0.39, 0.29) is 32.0 Å². The summed E-state index contributed by atoms with van der Waals surface area (Å²) < 4.78 is 34.2. The van der Waals surface area contributed by atoms with Crippen molar-refractivity contribution in [3.8, 4) is 0 Å². The van der Waals surface area contributed by atoms with Gasteiger partial charge in [-0.25, -0.2) is 4.57 Å². The van der Waals surface area contributed by atoms with Gasteiger partial charge in [-0.15, -0.1) is 0 Å². The highest BCUT2D eigenvalue weighted by molar-refractivity contribution is 7.47. The first-order valence-corrected chi connectivity index (χ1v) is 23.5. The summed E-state index contributed by atoms with van der Waals surface area (Å²) in [4.78, 5) is 35.3. The van der Waals surface area contributed by atoms with Crippen molar-refractivity contribution in [3.05, 3.63) is 60.8 Å². The lowest BCUT2D eigenvalue weighted by atomic mass is 10.1. The van der Waals surface area contributed by atoms with E-state index in [9.17, 15) is 19.0 Å². The SMILES string of the molecule is CCCCC/C=C\C/C=C\C/C=C\C/C=C\CCCCCC(=O)O[C@H](COC(=O)CCCCCCC/C=C\CCCCCC)COP(=O)(O)OCC[N+](C)(C)C. The van der Waals surface area contributed by atoms with Crippen LogP contribution < -0.4 is 0 Å².